The van der Waals surface area contributed by atoms with E-state index in [4.69, 9.17) is 4.74 Å². The van der Waals surface area contributed by atoms with E-state index >= 15 is 0 Å². The monoisotopic (exact) mass is 338 g/mol. The molecule has 2 aromatic carbocycles. The summed E-state index contributed by atoms with van der Waals surface area (Å²) in [5.41, 5.74) is 6.59. The third kappa shape index (κ3) is 4.91. The van der Waals surface area contributed by atoms with Crippen LogP contribution in [0.3, 0.4) is 0 Å². The van der Waals surface area contributed by atoms with Crippen molar-refractivity contribution in [2.45, 2.75) is 38.3 Å². The minimum absolute atomic E-state index is 0.305. The van der Waals surface area contributed by atoms with Crippen LogP contribution in [0.2, 0.25) is 0 Å². The van der Waals surface area contributed by atoms with Gasteiger partial charge in [0.15, 0.2) is 0 Å². The summed E-state index contributed by atoms with van der Waals surface area (Å²) in [4.78, 5) is 0. The molecule has 3 atom stereocenters. The van der Waals surface area contributed by atoms with E-state index in [2.05, 4.69) is 78.0 Å². The summed E-state index contributed by atoms with van der Waals surface area (Å²) < 4.78 is 5.42. The second-order valence-corrected chi connectivity index (χ2v) is 7.13. The van der Waals surface area contributed by atoms with Gasteiger partial charge in [-0.2, -0.15) is 0 Å². The maximum atomic E-state index is 5.42. The van der Waals surface area contributed by atoms with Gasteiger partial charge in [-0.15, -0.1) is 0 Å². The van der Waals surface area contributed by atoms with Crippen LogP contribution in [-0.4, -0.2) is 31.3 Å². The fraction of sp³-hybridized carbons (Fsp3) is 0.455. The first-order valence-corrected chi connectivity index (χ1v) is 9.38. The molecule has 1 N–H and O–H groups in total. The maximum absolute atomic E-state index is 5.42. The van der Waals surface area contributed by atoms with Crippen molar-refractivity contribution < 1.29 is 4.74 Å². The second kappa shape index (κ2) is 9.14. The molecule has 0 amide bonds. The summed E-state index contributed by atoms with van der Waals surface area (Å²) in [7, 11) is 1.79. The van der Waals surface area contributed by atoms with Crippen molar-refractivity contribution in [3.8, 4) is 0 Å². The molecule has 3 nitrogen and oxygen atoms in total. The average Bonchev–Trinajstić information content (AvgIpc) is 3.08. The second-order valence-electron chi connectivity index (χ2n) is 7.13. The molecule has 0 aromatic heterocycles. The van der Waals surface area contributed by atoms with E-state index in [0.29, 0.717) is 18.0 Å². The van der Waals surface area contributed by atoms with E-state index in [1.54, 1.807) is 7.11 Å². The number of nitrogens with one attached hydrogen (secondary N) is 1. The topological polar surface area (TPSA) is 24.5 Å². The molecule has 1 fully saturated rings. The molecule has 1 aliphatic heterocycles. The highest BCUT2D eigenvalue weighted by Crippen LogP contribution is 2.27. The third-order valence-electron chi connectivity index (χ3n) is 5.17. The van der Waals surface area contributed by atoms with Gasteiger partial charge in [0.1, 0.15) is 0 Å². The molecular weight excluding hydrogens is 308 g/mol. The maximum Gasteiger partial charge on any atom is 0.0632 e. The smallest absolute Gasteiger partial charge is 0.0632 e. The number of hydrazine groups is 1. The zero-order valence-electron chi connectivity index (χ0n) is 15.4. The number of ether oxygens (including phenoxy) is 1. The highest BCUT2D eigenvalue weighted by molar-refractivity contribution is 5.21. The van der Waals surface area contributed by atoms with Gasteiger partial charge in [-0.05, 0) is 36.3 Å². The fourth-order valence-corrected chi connectivity index (χ4v) is 3.84. The van der Waals surface area contributed by atoms with Crippen LogP contribution in [0.25, 0.3) is 0 Å². The summed E-state index contributed by atoms with van der Waals surface area (Å²) in [5, 5.41) is 2.41. The summed E-state index contributed by atoms with van der Waals surface area (Å²) in [6, 6.07) is 22.4. The van der Waals surface area contributed by atoms with E-state index in [0.717, 1.165) is 19.6 Å². The van der Waals surface area contributed by atoms with E-state index in [1.165, 1.54) is 24.0 Å². The number of hydrogen-bond acceptors (Lipinski definition) is 3. The first-order valence-electron chi connectivity index (χ1n) is 9.38. The fourth-order valence-electron chi connectivity index (χ4n) is 3.84. The van der Waals surface area contributed by atoms with Gasteiger partial charge in [-0.25, -0.2) is 10.4 Å². The lowest BCUT2D eigenvalue weighted by Gasteiger charge is -2.33. The standard InChI is InChI=1S/C22H30N2O/c1-18(16-19-10-5-3-6-11-19)22(20-12-7-4-8-13-20)23-24-15-9-14-21(24)17-25-2/h3-8,10-13,18,21-23H,9,14-17H2,1-2H3/t18-,21+,22+/m1/s1. The molecule has 0 saturated carbocycles. The van der Waals surface area contributed by atoms with Crippen LogP contribution in [0, 0.1) is 5.92 Å². The van der Waals surface area contributed by atoms with Crippen molar-refractivity contribution in [3.05, 3.63) is 71.8 Å². The van der Waals surface area contributed by atoms with Crippen molar-refractivity contribution in [1.29, 1.82) is 0 Å². The van der Waals surface area contributed by atoms with Crippen LogP contribution in [0.5, 0.6) is 0 Å². The summed E-state index contributed by atoms with van der Waals surface area (Å²) in [6.45, 7) is 4.23. The number of hydrogen-bond donors (Lipinski definition) is 1. The SMILES string of the molecule is COC[C@@H]1CCCN1N[C@H](c1ccccc1)[C@H](C)Cc1ccccc1. The Balaban J connectivity index is 1.75. The number of benzene rings is 2. The Morgan fingerprint density at radius 1 is 1.08 bits per heavy atom. The van der Waals surface area contributed by atoms with Crippen molar-refractivity contribution in [1.82, 2.24) is 10.4 Å². The van der Waals surface area contributed by atoms with Crippen LogP contribution in [0.1, 0.15) is 36.9 Å². The lowest BCUT2D eigenvalue weighted by molar-refractivity contribution is 0.0617. The van der Waals surface area contributed by atoms with Gasteiger partial charge in [-0.3, -0.25) is 0 Å². The summed E-state index contributed by atoms with van der Waals surface area (Å²) in [5.74, 6) is 0.494. The molecule has 25 heavy (non-hydrogen) atoms. The molecule has 1 saturated heterocycles. The first kappa shape index (κ1) is 18.1. The van der Waals surface area contributed by atoms with E-state index < -0.39 is 0 Å². The van der Waals surface area contributed by atoms with Crippen LogP contribution < -0.4 is 5.43 Å². The number of rotatable bonds is 8. The van der Waals surface area contributed by atoms with Gasteiger partial charge in [0, 0.05) is 25.7 Å². The molecule has 134 valence electrons. The Bertz CT molecular complexity index is 616. The Morgan fingerprint density at radius 3 is 2.44 bits per heavy atom. The summed E-state index contributed by atoms with van der Waals surface area (Å²) in [6.07, 6.45) is 3.50. The van der Waals surface area contributed by atoms with Crippen LogP contribution in [0.4, 0.5) is 0 Å². The largest absolute Gasteiger partial charge is 0.383 e. The molecule has 0 radical (unpaired) electrons. The Morgan fingerprint density at radius 2 is 1.76 bits per heavy atom. The zero-order chi connectivity index (χ0) is 17.5. The van der Waals surface area contributed by atoms with Crippen molar-refractivity contribution in [3.63, 3.8) is 0 Å². The van der Waals surface area contributed by atoms with E-state index in [1.807, 2.05) is 0 Å². The molecule has 3 rings (SSSR count). The predicted octanol–water partition coefficient (Wildman–Crippen LogP) is 4.22. The predicted molar refractivity (Wildman–Crippen MR) is 103 cm³/mol. The van der Waals surface area contributed by atoms with E-state index in [-0.39, 0.29) is 0 Å². The van der Waals surface area contributed by atoms with Crippen LogP contribution in [-0.2, 0) is 11.2 Å². The Hall–Kier alpha value is -1.68. The molecule has 0 bridgehead atoms. The molecule has 1 heterocycles. The van der Waals surface area contributed by atoms with Gasteiger partial charge >= 0.3 is 0 Å². The molecule has 0 spiro atoms. The molecule has 0 unspecified atom stereocenters. The summed E-state index contributed by atoms with van der Waals surface area (Å²) >= 11 is 0. The van der Waals surface area contributed by atoms with Gasteiger partial charge < -0.3 is 4.74 Å². The average molecular weight is 338 g/mol. The highest BCUT2D eigenvalue weighted by atomic mass is 16.5. The highest BCUT2D eigenvalue weighted by Gasteiger charge is 2.29. The Labute approximate surface area is 152 Å². The van der Waals surface area contributed by atoms with Gasteiger partial charge in [-0.1, -0.05) is 67.6 Å². The van der Waals surface area contributed by atoms with Crippen LogP contribution >= 0.6 is 0 Å². The number of methoxy groups -OCH3 is 1. The van der Waals surface area contributed by atoms with E-state index in [9.17, 15) is 0 Å². The van der Waals surface area contributed by atoms with Crippen molar-refractivity contribution in [2.24, 2.45) is 5.92 Å². The number of nitrogens with zero attached hydrogens (tertiary/aromatic N) is 1. The lowest BCUT2D eigenvalue weighted by atomic mass is 9.89. The molecular formula is C22H30N2O. The lowest BCUT2D eigenvalue weighted by Crippen LogP contribution is -2.47. The molecule has 0 aliphatic carbocycles. The third-order valence-corrected chi connectivity index (χ3v) is 5.17. The first-order chi connectivity index (χ1) is 12.3. The van der Waals surface area contributed by atoms with Gasteiger partial charge in [0.05, 0.1) is 6.61 Å². The molecule has 2 aromatic rings. The Kier molecular flexibility index (Phi) is 6.62. The molecule has 1 aliphatic rings. The van der Waals surface area contributed by atoms with Gasteiger partial charge in [0.2, 0.25) is 0 Å². The quantitative estimate of drug-likeness (QED) is 0.780. The normalized spacial score (nSPS) is 20.5. The van der Waals surface area contributed by atoms with Crippen molar-refractivity contribution in [2.75, 3.05) is 20.3 Å². The minimum atomic E-state index is 0.305. The van der Waals surface area contributed by atoms with Gasteiger partial charge in [0.25, 0.3) is 0 Å². The zero-order valence-corrected chi connectivity index (χ0v) is 15.4. The molecule has 3 heteroatoms. The minimum Gasteiger partial charge on any atom is -0.383 e. The van der Waals surface area contributed by atoms with Crippen LogP contribution in [0.15, 0.2) is 60.7 Å². The van der Waals surface area contributed by atoms with Crippen molar-refractivity contribution >= 4 is 0 Å².